The molecule has 0 bridgehead atoms. The van der Waals surface area contributed by atoms with Crippen LogP contribution < -0.4 is 5.56 Å². The summed E-state index contributed by atoms with van der Waals surface area (Å²) in [6.07, 6.45) is 1.86. The van der Waals surface area contributed by atoms with Gasteiger partial charge in [0.05, 0.1) is 24.7 Å². The first-order valence-corrected chi connectivity index (χ1v) is 10.1. The third kappa shape index (κ3) is 3.09. The quantitative estimate of drug-likeness (QED) is 0.490. The molecule has 1 amide bonds. The van der Waals surface area contributed by atoms with Crippen LogP contribution in [0.4, 0.5) is 0 Å². The predicted octanol–water partition coefficient (Wildman–Crippen LogP) is 4.09. The molecule has 5 aromatic rings. The molecule has 0 spiro atoms. The molecule has 0 saturated heterocycles. The van der Waals surface area contributed by atoms with E-state index in [9.17, 15) is 9.59 Å². The molecule has 7 heteroatoms. The van der Waals surface area contributed by atoms with E-state index in [1.807, 2.05) is 47.8 Å². The molecule has 3 aromatic heterocycles. The zero-order valence-electron chi connectivity index (χ0n) is 15.6. The number of nitrogens with one attached hydrogen (secondary N) is 1. The number of amides is 1. The maximum atomic E-state index is 12.9. The first kappa shape index (κ1) is 17.6. The van der Waals surface area contributed by atoms with Crippen molar-refractivity contribution in [3.05, 3.63) is 75.8 Å². The molecule has 0 saturated carbocycles. The Hall–Kier alpha value is -3.45. The normalized spacial score (nSPS) is 11.5. The van der Waals surface area contributed by atoms with Crippen LogP contribution in [-0.4, -0.2) is 27.8 Å². The smallest absolute Gasteiger partial charge is 0.268 e. The highest BCUT2D eigenvalue weighted by atomic mass is 32.1. The summed E-state index contributed by atoms with van der Waals surface area (Å²) in [5.74, 6) is 0.396. The predicted molar refractivity (Wildman–Crippen MR) is 114 cm³/mol. The summed E-state index contributed by atoms with van der Waals surface area (Å²) < 4.78 is 6.28. The fraction of sp³-hybridized carbons (Fsp3) is 0.136. The SMILES string of the molecule is CN(Cc1nc2ccsc2c(=O)[nH]1)C(=O)Cc1coc2ccc3ccccc3c12. The Bertz CT molecular complexity index is 1430. The Kier molecular flexibility index (Phi) is 4.17. The molecular formula is C22H17N3O3S. The Balaban J connectivity index is 1.42. The summed E-state index contributed by atoms with van der Waals surface area (Å²) >= 11 is 1.36. The number of nitrogens with zero attached hydrogens (tertiary/aromatic N) is 2. The van der Waals surface area contributed by atoms with Gasteiger partial charge >= 0.3 is 0 Å². The van der Waals surface area contributed by atoms with Gasteiger partial charge in [-0.25, -0.2) is 4.98 Å². The van der Waals surface area contributed by atoms with Crippen LogP contribution >= 0.6 is 11.3 Å². The summed E-state index contributed by atoms with van der Waals surface area (Å²) in [4.78, 5) is 33.8. The van der Waals surface area contributed by atoms with Gasteiger partial charge in [-0.2, -0.15) is 0 Å². The molecule has 2 aromatic carbocycles. The second kappa shape index (κ2) is 6.86. The fourth-order valence-electron chi connectivity index (χ4n) is 3.61. The number of aromatic nitrogens is 2. The van der Waals surface area contributed by atoms with Gasteiger partial charge in [0, 0.05) is 18.0 Å². The second-order valence-electron chi connectivity index (χ2n) is 6.99. The van der Waals surface area contributed by atoms with Gasteiger partial charge in [0.25, 0.3) is 5.56 Å². The third-order valence-corrected chi connectivity index (χ3v) is 5.96. The minimum Gasteiger partial charge on any atom is -0.464 e. The number of benzene rings is 2. The molecule has 0 aliphatic carbocycles. The van der Waals surface area contributed by atoms with Crippen LogP contribution in [0.5, 0.6) is 0 Å². The highest BCUT2D eigenvalue weighted by molar-refractivity contribution is 7.17. The van der Waals surface area contributed by atoms with Crippen molar-refractivity contribution in [1.29, 1.82) is 0 Å². The van der Waals surface area contributed by atoms with Crippen molar-refractivity contribution in [2.24, 2.45) is 0 Å². The highest BCUT2D eigenvalue weighted by Gasteiger charge is 2.17. The Morgan fingerprint density at radius 3 is 2.97 bits per heavy atom. The van der Waals surface area contributed by atoms with Gasteiger partial charge in [-0.1, -0.05) is 30.3 Å². The summed E-state index contributed by atoms with van der Waals surface area (Å²) in [5, 5.41) is 4.98. The van der Waals surface area contributed by atoms with Crippen molar-refractivity contribution in [2.75, 3.05) is 7.05 Å². The topological polar surface area (TPSA) is 79.2 Å². The zero-order chi connectivity index (χ0) is 20.0. The minimum absolute atomic E-state index is 0.0753. The van der Waals surface area contributed by atoms with E-state index in [-0.39, 0.29) is 24.4 Å². The maximum absolute atomic E-state index is 12.9. The standard InChI is InChI=1S/C22H17N3O3S/c1-25(11-18-23-16-8-9-29-21(16)22(27)24-18)19(26)10-14-12-28-17-7-6-13-4-2-3-5-15(13)20(14)17/h2-9,12H,10-11H2,1H3,(H,23,24,27). The Labute approximate surface area is 169 Å². The average Bonchev–Trinajstić information content (AvgIpc) is 3.35. The van der Waals surface area contributed by atoms with Crippen LogP contribution in [0.3, 0.4) is 0 Å². The first-order valence-electron chi connectivity index (χ1n) is 9.18. The van der Waals surface area contributed by atoms with E-state index in [1.54, 1.807) is 18.2 Å². The number of hydrogen-bond acceptors (Lipinski definition) is 5. The Morgan fingerprint density at radius 1 is 1.21 bits per heavy atom. The molecule has 0 aliphatic rings. The van der Waals surface area contributed by atoms with Gasteiger partial charge in [-0.05, 0) is 28.3 Å². The van der Waals surface area contributed by atoms with Crippen LogP contribution in [0.25, 0.3) is 32.0 Å². The summed E-state index contributed by atoms with van der Waals surface area (Å²) in [7, 11) is 1.71. The van der Waals surface area contributed by atoms with E-state index in [0.29, 0.717) is 16.0 Å². The lowest BCUT2D eigenvalue weighted by Gasteiger charge is -2.16. The van der Waals surface area contributed by atoms with E-state index in [4.69, 9.17) is 4.42 Å². The van der Waals surface area contributed by atoms with E-state index >= 15 is 0 Å². The van der Waals surface area contributed by atoms with Gasteiger partial charge < -0.3 is 14.3 Å². The number of rotatable bonds is 4. The maximum Gasteiger partial charge on any atom is 0.268 e. The highest BCUT2D eigenvalue weighted by Crippen LogP contribution is 2.30. The lowest BCUT2D eigenvalue weighted by molar-refractivity contribution is -0.129. The molecule has 0 atom stereocenters. The van der Waals surface area contributed by atoms with Gasteiger partial charge in [0.1, 0.15) is 16.1 Å². The van der Waals surface area contributed by atoms with Gasteiger partial charge in [-0.15, -0.1) is 11.3 Å². The van der Waals surface area contributed by atoms with E-state index in [1.165, 1.54) is 11.3 Å². The van der Waals surface area contributed by atoms with Crippen molar-refractivity contribution in [3.63, 3.8) is 0 Å². The average molecular weight is 403 g/mol. The third-order valence-electron chi connectivity index (χ3n) is 5.06. The van der Waals surface area contributed by atoms with Crippen molar-refractivity contribution in [2.45, 2.75) is 13.0 Å². The number of hydrogen-bond donors (Lipinski definition) is 1. The fourth-order valence-corrected chi connectivity index (χ4v) is 4.34. The number of fused-ring (bicyclic) bond motifs is 4. The minimum atomic E-state index is -0.173. The Morgan fingerprint density at radius 2 is 2.07 bits per heavy atom. The molecule has 0 fully saturated rings. The monoisotopic (exact) mass is 403 g/mol. The number of carbonyl (C=O) groups is 1. The number of carbonyl (C=O) groups excluding carboxylic acids is 1. The summed E-state index contributed by atoms with van der Waals surface area (Å²) in [6, 6.07) is 13.8. The molecule has 1 N–H and O–H groups in total. The molecule has 5 rings (SSSR count). The lowest BCUT2D eigenvalue weighted by atomic mass is 10.0. The van der Waals surface area contributed by atoms with Crippen molar-refractivity contribution >= 4 is 49.2 Å². The molecule has 6 nitrogen and oxygen atoms in total. The summed E-state index contributed by atoms with van der Waals surface area (Å²) in [6.45, 7) is 0.233. The number of furan rings is 1. The number of aromatic amines is 1. The molecular weight excluding hydrogens is 386 g/mol. The van der Waals surface area contributed by atoms with Crippen LogP contribution in [0.2, 0.25) is 0 Å². The molecule has 0 unspecified atom stereocenters. The first-order chi connectivity index (χ1) is 14.1. The van der Waals surface area contributed by atoms with Crippen molar-refractivity contribution in [3.8, 4) is 0 Å². The molecule has 144 valence electrons. The van der Waals surface area contributed by atoms with Gasteiger partial charge in [-0.3, -0.25) is 9.59 Å². The van der Waals surface area contributed by atoms with E-state index in [0.717, 1.165) is 27.3 Å². The van der Waals surface area contributed by atoms with Crippen molar-refractivity contribution < 1.29 is 9.21 Å². The van der Waals surface area contributed by atoms with Gasteiger partial charge in [0.15, 0.2) is 0 Å². The van der Waals surface area contributed by atoms with Crippen LogP contribution in [-0.2, 0) is 17.8 Å². The van der Waals surface area contributed by atoms with Gasteiger partial charge in [0.2, 0.25) is 5.91 Å². The number of likely N-dealkylation sites (N-methyl/N-ethyl adjacent to an activating group) is 1. The van der Waals surface area contributed by atoms with E-state index in [2.05, 4.69) is 9.97 Å². The molecule has 29 heavy (non-hydrogen) atoms. The van der Waals surface area contributed by atoms with Crippen LogP contribution in [0.1, 0.15) is 11.4 Å². The van der Waals surface area contributed by atoms with Crippen LogP contribution in [0.15, 0.2) is 63.3 Å². The lowest BCUT2D eigenvalue weighted by Crippen LogP contribution is -2.29. The molecule has 0 radical (unpaired) electrons. The second-order valence-corrected chi connectivity index (χ2v) is 7.91. The van der Waals surface area contributed by atoms with E-state index < -0.39 is 0 Å². The number of H-pyrrole nitrogens is 1. The number of thiophene rings is 1. The van der Waals surface area contributed by atoms with Crippen LogP contribution in [0, 0.1) is 0 Å². The molecule has 0 aliphatic heterocycles. The summed E-state index contributed by atoms with van der Waals surface area (Å²) in [5.41, 5.74) is 2.10. The zero-order valence-corrected chi connectivity index (χ0v) is 16.5. The largest absolute Gasteiger partial charge is 0.464 e. The molecule has 3 heterocycles. The van der Waals surface area contributed by atoms with Crippen molar-refractivity contribution in [1.82, 2.24) is 14.9 Å².